The average molecular weight is 527 g/mol. The van der Waals surface area contributed by atoms with Gasteiger partial charge in [-0.1, -0.05) is 13.8 Å². The van der Waals surface area contributed by atoms with Crippen LogP contribution in [0.3, 0.4) is 0 Å². The van der Waals surface area contributed by atoms with Gasteiger partial charge in [-0.25, -0.2) is 9.98 Å². The smallest absolute Gasteiger partial charge is 0.191 e. The van der Waals surface area contributed by atoms with Gasteiger partial charge in [0, 0.05) is 24.9 Å². The van der Waals surface area contributed by atoms with Gasteiger partial charge in [0.1, 0.15) is 10.8 Å². The highest BCUT2D eigenvalue weighted by atomic mass is 127. The Bertz CT molecular complexity index is 642. The number of hydrogen-bond acceptors (Lipinski definition) is 4. The van der Waals surface area contributed by atoms with Crippen LogP contribution in [0.25, 0.3) is 0 Å². The molecule has 134 valence electrons. The lowest BCUT2D eigenvalue weighted by molar-refractivity contribution is 0.486. The third kappa shape index (κ3) is 7.10. The number of furan rings is 1. The molecule has 0 aromatic carbocycles. The summed E-state index contributed by atoms with van der Waals surface area (Å²) in [7, 11) is 0. The van der Waals surface area contributed by atoms with E-state index in [2.05, 4.69) is 62.7 Å². The number of rotatable bonds is 7. The van der Waals surface area contributed by atoms with Gasteiger partial charge < -0.3 is 15.1 Å². The molecule has 8 heteroatoms. The quantitative estimate of drug-likeness (QED) is 0.316. The molecule has 0 saturated carbocycles. The molecule has 2 rings (SSSR count). The minimum Gasteiger partial charge on any atom is -0.454 e. The first-order valence-corrected chi connectivity index (χ1v) is 9.46. The van der Waals surface area contributed by atoms with E-state index < -0.39 is 0 Å². The maximum Gasteiger partial charge on any atom is 0.191 e. The Hall–Kier alpha value is -0.610. The number of aromatic nitrogens is 1. The zero-order valence-electron chi connectivity index (χ0n) is 14.1. The van der Waals surface area contributed by atoms with Crippen molar-refractivity contribution in [2.45, 2.75) is 39.7 Å². The van der Waals surface area contributed by atoms with Crippen molar-refractivity contribution in [3.63, 3.8) is 0 Å². The fourth-order valence-electron chi connectivity index (χ4n) is 1.94. The molecular formula is C16H24BrIN4OS. The second kappa shape index (κ2) is 11.1. The molecule has 0 aliphatic rings. The van der Waals surface area contributed by atoms with E-state index in [1.807, 2.05) is 12.1 Å². The summed E-state index contributed by atoms with van der Waals surface area (Å²) in [6.45, 7) is 8.55. The van der Waals surface area contributed by atoms with Crippen LogP contribution in [0.1, 0.15) is 43.2 Å². The van der Waals surface area contributed by atoms with Crippen LogP contribution in [0.2, 0.25) is 0 Å². The number of nitrogens with zero attached hydrogens (tertiary/aromatic N) is 2. The molecule has 0 bridgehead atoms. The lowest BCUT2D eigenvalue weighted by atomic mass is 10.2. The molecule has 0 saturated heterocycles. The van der Waals surface area contributed by atoms with E-state index in [4.69, 9.17) is 4.42 Å². The normalized spacial score (nSPS) is 11.5. The maximum atomic E-state index is 5.49. The van der Waals surface area contributed by atoms with E-state index in [0.29, 0.717) is 12.5 Å². The molecule has 2 N–H and O–H groups in total. The molecule has 0 aliphatic carbocycles. The van der Waals surface area contributed by atoms with Crippen molar-refractivity contribution in [1.82, 2.24) is 15.6 Å². The van der Waals surface area contributed by atoms with Crippen LogP contribution in [0, 0.1) is 0 Å². The fourth-order valence-corrected chi connectivity index (χ4v) is 3.16. The second-order valence-corrected chi connectivity index (χ2v) is 7.12. The number of hydrogen-bond donors (Lipinski definition) is 2. The van der Waals surface area contributed by atoms with E-state index in [-0.39, 0.29) is 24.0 Å². The van der Waals surface area contributed by atoms with E-state index in [1.165, 1.54) is 0 Å². The predicted molar refractivity (Wildman–Crippen MR) is 115 cm³/mol. The Balaban J connectivity index is 0.00000288. The lowest BCUT2D eigenvalue weighted by Crippen LogP contribution is -2.38. The highest BCUT2D eigenvalue weighted by Crippen LogP contribution is 2.18. The highest BCUT2D eigenvalue weighted by molar-refractivity contribution is 14.0. The van der Waals surface area contributed by atoms with Crippen molar-refractivity contribution in [3.05, 3.63) is 38.6 Å². The molecule has 5 nitrogen and oxygen atoms in total. The van der Waals surface area contributed by atoms with Crippen molar-refractivity contribution >= 4 is 57.2 Å². The number of nitrogens with one attached hydrogen (secondary N) is 2. The maximum absolute atomic E-state index is 5.49. The SMILES string of the molecule is CCNC(=NCc1nc(C(C)C)cs1)NCCc1ccc(Br)o1.I. The first-order chi connectivity index (χ1) is 11.1. The number of thiazole rings is 1. The van der Waals surface area contributed by atoms with E-state index in [0.717, 1.165) is 46.6 Å². The number of halogens is 2. The summed E-state index contributed by atoms with van der Waals surface area (Å²) < 4.78 is 6.25. The Morgan fingerprint density at radius 1 is 1.38 bits per heavy atom. The van der Waals surface area contributed by atoms with Gasteiger partial charge in [-0.2, -0.15) is 0 Å². The van der Waals surface area contributed by atoms with Crippen molar-refractivity contribution in [2.75, 3.05) is 13.1 Å². The summed E-state index contributed by atoms with van der Waals surface area (Å²) in [4.78, 5) is 9.20. The average Bonchev–Trinajstić information content (AvgIpc) is 3.14. The number of guanidine groups is 1. The van der Waals surface area contributed by atoms with Crippen LogP contribution in [-0.2, 0) is 13.0 Å². The van der Waals surface area contributed by atoms with Gasteiger partial charge in [0.05, 0.1) is 12.2 Å². The summed E-state index contributed by atoms with van der Waals surface area (Å²) in [6, 6.07) is 3.88. The molecular weight excluding hydrogens is 503 g/mol. The Morgan fingerprint density at radius 2 is 2.17 bits per heavy atom. The van der Waals surface area contributed by atoms with Gasteiger partial charge >= 0.3 is 0 Å². The molecule has 0 fully saturated rings. The zero-order valence-corrected chi connectivity index (χ0v) is 18.9. The molecule has 0 atom stereocenters. The van der Waals surface area contributed by atoms with E-state index in [9.17, 15) is 0 Å². The summed E-state index contributed by atoms with van der Waals surface area (Å²) in [6.07, 6.45) is 0.810. The Morgan fingerprint density at radius 3 is 2.75 bits per heavy atom. The van der Waals surface area contributed by atoms with Gasteiger partial charge in [-0.15, -0.1) is 35.3 Å². The molecule has 2 aromatic rings. The zero-order chi connectivity index (χ0) is 16.7. The van der Waals surface area contributed by atoms with Gasteiger partial charge in [0.25, 0.3) is 0 Å². The van der Waals surface area contributed by atoms with Crippen LogP contribution in [0.4, 0.5) is 0 Å². The van der Waals surface area contributed by atoms with Crippen LogP contribution in [-0.4, -0.2) is 24.0 Å². The van der Waals surface area contributed by atoms with Crippen LogP contribution >= 0.6 is 51.2 Å². The second-order valence-electron chi connectivity index (χ2n) is 5.40. The first-order valence-electron chi connectivity index (χ1n) is 7.79. The van der Waals surface area contributed by atoms with Gasteiger partial charge in [-0.3, -0.25) is 0 Å². The lowest BCUT2D eigenvalue weighted by Gasteiger charge is -2.10. The molecule has 2 heterocycles. The van der Waals surface area contributed by atoms with Crippen molar-refractivity contribution < 1.29 is 4.42 Å². The highest BCUT2D eigenvalue weighted by Gasteiger charge is 2.06. The Labute approximate surface area is 172 Å². The summed E-state index contributed by atoms with van der Waals surface area (Å²) >= 11 is 4.98. The van der Waals surface area contributed by atoms with Crippen molar-refractivity contribution in [3.8, 4) is 0 Å². The fraction of sp³-hybridized carbons (Fsp3) is 0.500. The largest absolute Gasteiger partial charge is 0.454 e. The molecule has 0 aliphatic heterocycles. The summed E-state index contributed by atoms with van der Waals surface area (Å²) in [5, 5.41) is 9.73. The van der Waals surface area contributed by atoms with E-state index >= 15 is 0 Å². The van der Waals surface area contributed by atoms with E-state index in [1.54, 1.807) is 11.3 Å². The minimum absolute atomic E-state index is 0. The Kier molecular flexibility index (Phi) is 9.91. The molecule has 24 heavy (non-hydrogen) atoms. The molecule has 2 aromatic heterocycles. The first kappa shape index (κ1) is 21.4. The van der Waals surface area contributed by atoms with Gasteiger partial charge in [0.15, 0.2) is 10.6 Å². The molecule has 0 unspecified atom stereocenters. The monoisotopic (exact) mass is 526 g/mol. The summed E-state index contributed by atoms with van der Waals surface area (Å²) in [5.41, 5.74) is 1.14. The molecule has 0 radical (unpaired) electrons. The predicted octanol–water partition coefficient (Wildman–Crippen LogP) is 4.54. The topological polar surface area (TPSA) is 62.5 Å². The minimum atomic E-state index is 0. The van der Waals surface area contributed by atoms with Crippen LogP contribution in [0.5, 0.6) is 0 Å². The van der Waals surface area contributed by atoms with Crippen molar-refractivity contribution in [2.24, 2.45) is 4.99 Å². The van der Waals surface area contributed by atoms with Gasteiger partial charge in [0.2, 0.25) is 0 Å². The third-order valence-corrected chi connectivity index (χ3v) is 4.45. The van der Waals surface area contributed by atoms with Gasteiger partial charge in [-0.05, 0) is 40.9 Å². The van der Waals surface area contributed by atoms with Crippen LogP contribution < -0.4 is 10.6 Å². The molecule has 0 spiro atoms. The summed E-state index contributed by atoms with van der Waals surface area (Å²) in [5.74, 6) is 2.21. The third-order valence-electron chi connectivity index (χ3n) is 3.17. The standard InChI is InChI=1S/C16H23BrN4OS.HI/c1-4-18-16(19-8-7-12-5-6-14(17)22-12)20-9-15-21-13(10-23-15)11(2)3;/h5-6,10-11H,4,7-9H2,1-3H3,(H2,18,19,20);1H. The number of aliphatic imine (C=N–C) groups is 1. The van der Waals surface area contributed by atoms with Crippen LogP contribution in [0.15, 0.2) is 31.6 Å². The molecule has 0 amide bonds. The van der Waals surface area contributed by atoms with Crippen molar-refractivity contribution in [1.29, 1.82) is 0 Å².